The predicted molar refractivity (Wildman–Crippen MR) is 84.4 cm³/mol. The first-order valence-corrected chi connectivity index (χ1v) is 7.89. The minimum Gasteiger partial charge on any atom is -0.475 e. The van der Waals surface area contributed by atoms with Crippen LogP contribution in [0.4, 0.5) is 4.39 Å². The van der Waals surface area contributed by atoms with Crippen molar-refractivity contribution in [2.24, 2.45) is 0 Å². The topological polar surface area (TPSA) is 73.9 Å². The molecule has 1 N–H and O–H groups in total. The van der Waals surface area contributed by atoms with Crippen LogP contribution in [0.5, 0.6) is 5.75 Å². The molecule has 0 radical (unpaired) electrons. The average molecular weight is 339 g/mol. The Kier molecular flexibility index (Phi) is 5.77. The summed E-state index contributed by atoms with van der Waals surface area (Å²) in [6.07, 6.45) is 0.866. The van der Waals surface area contributed by atoms with E-state index in [1.54, 1.807) is 6.92 Å². The highest BCUT2D eigenvalue weighted by Crippen LogP contribution is 2.25. The van der Waals surface area contributed by atoms with Crippen molar-refractivity contribution < 1.29 is 28.2 Å². The maximum absolute atomic E-state index is 13.5. The molecule has 1 saturated heterocycles. The van der Waals surface area contributed by atoms with Crippen LogP contribution < -0.4 is 10.1 Å². The third kappa shape index (κ3) is 4.44. The molecule has 0 aliphatic carbocycles. The number of amides is 1. The Morgan fingerprint density at radius 3 is 2.71 bits per heavy atom. The van der Waals surface area contributed by atoms with Crippen molar-refractivity contribution in [3.8, 4) is 5.75 Å². The Morgan fingerprint density at radius 2 is 2.12 bits per heavy atom. The zero-order valence-electron chi connectivity index (χ0n) is 14.1. The smallest absolute Gasteiger partial charge is 0.349 e. The van der Waals surface area contributed by atoms with Crippen LogP contribution in [0.3, 0.4) is 0 Å². The lowest BCUT2D eigenvalue weighted by atomic mass is 10.1. The summed E-state index contributed by atoms with van der Waals surface area (Å²) in [7, 11) is 0. The van der Waals surface area contributed by atoms with Gasteiger partial charge in [0.05, 0.1) is 18.3 Å². The van der Waals surface area contributed by atoms with E-state index in [4.69, 9.17) is 14.2 Å². The fourth-order valence-corrected chi connectivity index (χ4v) is 2.14. The highest BCUT2D eigenvalue weighted by Gasteiger charge is 2.33. The van der Waals surface area contributed by atoms with Gasteiger partial charge >= 0.3 is 5.97 Å². The largest absolute Gasteiger partial charge is 0.475 e. The van der Waals surface area contributed by atoms with Crippen molar-refractivity contribution >= 4 is 11.9 Å². The van der Waals surface area contributed by atoms with E-state index < -0.39 is 23.3 Å². The molecule has 0 spiro atoms. The van der Waals surface area contributed by atoms with Crippen LogP contribution in [-0.2, 0) is 14.3 Å². The van der Waals surface area contributed by atoms with Gasteiger partial charge in [0.25, 0.3) is 5.91 Å². The fourth-order valence-electron chi connectivity index (χ4n) is 2.14. The maximum Gasteiger partial charge on any atom is 0.349 e. The molecule has 6 nitrogen and oxygen atoms in total. The van der Waals surface area contributed by atoms with Gasteiger partial charge in [0.2, 0.25) is 0 Å². The van der Waals surface area contributed by atoms with Crippen molar-refractivity contribution in [2.45, 2.75) is 38.9 Å². The van der Waals surface area contributed by atoms with Crippen molar-refractivity contribution in [1.82, 2.24) is 5.32 Å². The molecular weight excluding hydrogens is 317 g/mol. The molecule has 0 aromatic heterocycles. The molecular formula is C17H22FNO5. The highest BCUT2D eigenvalue weighted by molar-refractivity contribution is 5.97. The second kappa shape index (κ2) is 7.61. The van der Waals surface area contributed by atoms with Crippen molar-refractivity contribution in [3.63, 3.8) is 0 Å². The molecule has 0 bridgehead atoms. The molecule has 2 rings (SSSR count). The minimum absolute atomic E-state index is 0.0112. The molecule has 1 fully saturated rings. The Labute approximate surface area is 140 Å². The van der Waals surface area contributed by atoms with E-state index in [2.05, 4.69) is 5.32 Å². The number of esters is 1. The van der Waals surface area contributed by atoms with Gasteiger partial charge < -0.3 is 19.5 Å². The molecule has 1 heterocycles. The third-order valence-corrected chi connectivity index (χ3v) is 3.60. The quantitative estimate of drug-likeness (QED) is 0.770. The van der Waals surface area contributed by atoms with Gasteiger partial charge in [-0.15, -0.1) is 0 Å². The molecule has 1 aromatic carbocycles. The first-order chi connectivity index (χ1) is 11.3. The monoisotopic (exact) mass is 339 g/mol. The lowest BCUT2D eigenvalue weighted by molar-refractivity contribution is -0.158. The summed E-state index contributed by atoms with van der Waals surface area (Å²) in [5, 5.41) is 2.68. The summed E-state index contributed by atoms with van der Waals surface area (Å²) in [5.41, 5.74) is -1.29. The van der Waals surface area contributed by atoms with Crippen LogP contribution in [0.2, 0.25) is 0 Å². The number of hydrogen-bond acceptors (Lipinski definition) is 5. The van der Waals surface area contributed by atoms with Gasteiger partial charge in [-0.05, 0) is 45.4 Å². The Bertz CT molecular complexity index is 613. The highest BCUT2D eigenvalue weighted by atomic mass is 19.1. The van der Waals surface area contributed by atoms with E-state index in [1.807, 2.05) is 0 Å². The Hall–Kier alpha value is -2.15. The number of halogens is 1. The molecule has 1 aliphatic rings. The summed E-state index contributed by atoms with van der Waals surface area (Å²) in [4.78, 5) is 24.3. The molecule has 1 amide bonds. The van der Waals surface area contributed by atoms with Crippen LogP contribution in [0.15, 0.2) is 18.2 Å². The number of hydrogen-bond donors (Lipinski definition) is 1. The fraction of sp³-hybridized carbons (Fsp3) is 0.529. The van der Waals surface area contributed by atoms with Crippen LogP contribution in [0.1, 0.15) is 37.6 Å². The van der Waals surface area contributed by atoms with Crippen LogP contribution in [-0.4, -0.2) is 43.3 Å². The Morgan fingerprint density at radius 1 is 1.42 bits per heavy atom. The van der Waals surface area contributed by atoms with Gasteiger partial charge in [-0.1, -0.05) is 0 Å². The van der Waals surface area contributed by atoms with Gasteiger partial charge in [0.1, 0.15) is 11.6 Å². The lowest BCUT2D eigenvalue weighted by Crippen LogP contribution is -2.41. The van der Waals surface area contributed by atoms with E-state index in [0.717, 1.165) is 12.5 Å². The average Bonchev–Trinajstić information content (AvgIpc) is 2.47. The van der Waals surface area contributed by atoms with Crippen molar-refractivity contribution in [3.05, 3.63) is 29.6 Å². The summed E-state index contributed by atoms with van der Waals surface area (Å²) in [5.74, 6) is -1.51. The van der Waals surface area contributed by atoms with E-state index in [9.17, 15) is 14.0 Å². The SMILES string of the molecule is CCOC(=O)C(C)(C)Oc1ccc(F)cc1C(=O)NCC1CCO1. The predicted octanol–water partition coefficient (Wildman–Crippen LogP) is 2.06. The number of carbonyl (C=O) groups is 2. The first-order valence-electron chi connectivity index (χ1n) is 7.89. The van der Waals surface area contributed by atoms with Crippen LogP contribution >= 0.6 is 0 Å². The molecule has 1 aliphatic heterocycles. The van der Waals surface area contributed by atoms with E-state index in [0.29, 0.717) is 13.2 Å². The van der Waals surface area contributed by atoms with E-state index in [1.165, 1.54) is 26.0 Å². The minimum atomic E-state index is -1.31. The number of ether oxygens (including phenoxy) is 3. The zero-order chi connectivity index (χ0) is 17.7. The molecule has 132 valence electrons. The molecule has 1 aromatic rings. The first kappa shape index (κ1) is 18.2. The normalized spacial score (nSPS) is 16.9. The summed E-state index contributed by atoms with van der Waals surface area (Å²) in [6, 6.07) is 3.57. The third-order valence-electron chi connectivity index (χ3n) is 3.60. The zero-order valence-corrected chi connectivity index (χ0v) is 14.1. The van der Waals surface area contributed by atoms with Gasteiger partial charge in [-0.3, -0.25) is 4.79 Å². The lowest BCUT2D eigenvalue weighted by Gasteiger charge is -2.27. The number of carbonyl (C=O) groups excluding carboxylic acids is 2. The standard InChI is InChI=1S/C17H22FNO5/c1-4-22-16(21)17(2,3)24-14-6-5-11(18)9-13(14)15(20)19-10-12-7-8-23-12/h5-6,9,12H,4,7-8,10H2,1-3H3,(H,19,20). The second-order valence-corrected chi connectivity index (χ2v) is 5.96. The molecule has 7 heteroatoms. The van der Waals surface area contributed by atoms with Gasteiger partial charge in [-0.25, -0.2) is 9.18 Å². The van der Waals surface area contributed by atoms with E-state index >= 15 is 0 Å². The van der Waals surface area contributed by atoms with E-state index in [-0.39, 0.29) is 24.0 Å². The number of benzene rings is 1. The molecule has 0 saturated carbocycles. The maximum atomic E-state index is 13.5. The molecule has 1 atom stereocenters. The van der Waals surface area contributed by atoms with Gasteiger partial charge in [-0.2, -0.15) is 0 Å². The Balaban J connectivity index is 2.14. The summed E-state index contributed by atoms with van der Waals surface area (Å²) >= 11 is 0. The van der Waals surface area contributed by atoms with Crippen molar-refractivity contribution in [2.75, 3.05) is 19.8 Å². The summed E-state index contributed by atoms with van der Waals surface area (Å²) in [6.45, 7) is 5.98. The van der Waals surface area contributed by atoms with Crippen molar-refractivity contribution in [1.29, 1.82) is 0 Å². The molecule has 24 heavy (non-hydrogen) atoms. The summed E-state index contributed by atoms with van der Waals surface area (Å²) < 4.78 is 29.4. The van der Waals surface area contributed by atoms with Gasteiger partial charge in [0.15, 0.2) is 5.60 Å². The second-order valence-electron chi connectivity index (χ2n) is 5.96. The molecule has 1 unspecified atom stereocenters. The number of nitrogens with one attached hydrogen (secondary N) is 1. The number of rotatable bonds is 7. The van der Waals surface area contributed by atoms with Gasteiger partial charge in [0, 0.05) is 13.2 Å². The van der Waals surface area contributed by atoms with Crippen LogP contribution in [0, 0.1) is 5.82 Å². The van der Waals surface area contributed by atoms with Crippen LogP contribution in [0.25, 0.3) is 0 Å².